The Labute approximate surface area is 167 Å². The van der Waals surface area contributed by atoms with E-state index in [4.69, 9.17) is 16.6 Å². The lowest BCUT2D eigenvalue weighted by Crippen LogP contribution is -1.99. The van der Waals surface area contributed by atoms with Gasteiger partial charge in [0.2, 0.25) is 0 Å². The summed E-state index contributed by atoms with van der Waals surface area (Å²) in [5.41, 5.74) is 7.11. The number of aryl methyl sites for hydroxylation is 1. The normalized spacial score (nSPS) is 11.4. The number of hydrogen-bond acceptors (Lipinski definition) is 2. The van der Waals surface area contributed by atoms with Gasteiger partial charge in [-0.25, -0.2) is 4.98 Å². The Balaban J connectivity index is 1.78. The SMILES string of the molecule is Cc1c(Cl)cccc1Nc1c(-c2c[nH]c3ccccc23)nc2c(C)cccn12. The van der Waals surface area contributed by atoms with Gasteiger partial charge in [0, 0.05) is 39.6 Å². The molecule has 0 atom stereocenters. The van der Waals surface area contributed by atoms with Crippen LogP contribution in [0, 0.1) is 13.8 Å². The van der Waals surface area contributed by atoms with Crippen molar-refractivity contribution in [2.24, 2.45) is 0 Å². The minimum atomic E-state index is 0.739. The maximum absolute atomic E-state index is 6.35. The molecule has 0 unspecified atom stereocenters. The van der Waals surface area contributed by atoms with E-state index < -0.39 is 0 Å². The molecule has 0 aliphatic rings. The molecule has 0 aliphatic carbocycles. The van der Waals surface area contributed by atoms with Crippen LogP contribution in [0.25, 0.3) is 27.8 Å². The Bertz CT molecular complexity index is 1330. The molecule has 0 saturated heterocycles. The molecule has 5 rings (SSSR count). The molecule has 0 radical (unpaired) electrons. The molecule has 0 saturated carbocycles. The van der Waals surface area contributed by atoms with E-state index >= 15 is 0 Å². The summed E-state index contributed by atoms with van der Waals surface area (Å²) in [4.78, 5) is 8.36. The third-order valence-corrected chi connectivity index (χ3v) is 5.62. The summed E-state index contributed by atoms with van der Waals surface area (Å²) in [6.07, 6.45) is 4.06. The zero-order chi connectivity index (χ0) is 19.3. The van der Waals surface area contributed by atoms with Gasteiger partial charge in [-0.3, -0.25) is 4.40 Å². The Hall–Kier alpha value is -3.24. The summed E-state index contributed by atoms with van der Waals surface area (Å²) in [6, 6.07) is 18.3. The largest absolute Gasteiger partial charge is 0.360 e. The van der Waals surface area contributed by atoms with Crippen molar-refractivity contribution < 1.29 is 0 Å². The summed E-state index contributed by atoms with van der Waals surface area (Å²) < 4.78 is 2.10. The third kappa shape index (κ3) is 2.57. The van der Waals surface area contributed by atoms with E-state index in [1.165, 1.54) is 0 Å². The van der Waals surface area contributed by atoms with Crippen LogP contribution in [0.1, 0.15) is 11.1 Å². The van der Waals surface area contributed by atoms with Gasteiger partial charge in [0.25, 0.3) is 0 Å². The highest BCUT2D eigenvalue weighted by Crippen LogP contribution is 2.37. The molecule has 0 fully saturated rings. The van der Waals surface area contributed by atoms with Crippen LogP contribution in [-0.4, -0.2) is 14.4 Å². The standard InChI is InChI=1S/C23H19ClN4/c1-14-7-6-12-28-22(14)27-21(17-13-25-20-10-4-3-8-16(17)20)23(28)26-19-11-5-9-18(24)15(19)2/h3-13,25-26H,1-2H3. The molecular weight excluding hydrogens is 368 g/mol. The van der Waals surface area contributed by atoms with Gasteiger partial charge < -0.3 is 10.3 Å². The van der Waals surface area contributed by atoms with E-state index in [1.54, 1.807) is 0 Å². The zero-order valence-electron chi connectivity index (χ0n) is 15.6. The van der Waals surface area contributed by atoms with Gasteiger partial charge in [-0.05, 0) is 49.2 Å². The van der Waals surface area contributed by atoms with E-state index in [2.05, 4.69) is 45.9 Å². The van der Waals surface area contributed by atoms with Crippen LogP contribution >= 0.6 is 11.6 Å². The fourth-order valence-electron chi connectivity index (χ4n) is 3.65. The second-order valence-corrected chi connectivity index (χ2v) is 7.39. The molecule has 0 spiro atoms. The predicted molar refractivity (Wildman–Crippen MR) is 117 cm³/mol. The van der Waals surface area contributed by atoms with E-state index in [0.29, 0.717) is 0 Å². The van der Waals surface area contributed by atoms with Crippen LogP contribution in [0.5, 0.6) is 0 Å². The topological polar surface area (TPSA) is 45.1 Å². The van der Waals surface area contributed by atoms with Crippen molar-refractivity contribution in [3.05, 3.63) is 83.1 Å². The number of hydrogen-bond donors (Lipinski definition) is 2. The lowest BCUT2D eigenvalue weighted by Gasteiger charge is -2.12. The summed E-state index contributed by atoms with van der Waals surface area (Å²) >= 11 is 6.35. The first-order chi connectivity index (χ1) is 13.6. The molecule has 3 heterocycles. The Kier molecular flexibility index (Phi) is 3.88. The Morgan fingerprint density at radius 2 is 1.86 bits per heavy atom. The average Bonchev–Trinajstić information content (AvgIpc) is 3.28. The maximum Gasteiger partial charge on any atom is 0.143 e. The molecule has 2 N–H and O–H groups in total. The minimum absolute atomic E-state index is 0.739. The smallest absolute Gasteiger partial charge is 0.143 e. The van der Waals surface area contributed by atoms with Crippen LogP contribution in [0.2, 0.25) is 5.02 Å². The van der Waals surface area contributed by atoms with Gasteiger partial charge in [-0.15, -0.1) is 0 Å². The number of aromatic nitrogens is 3. The second-order valence-electron chi connectivity index (χ2n) is 6.98. The van der Waals surface area contributed by atoms with Crippen LogP contribution in [0.15, 0.2) is 67.0 Å². The van der Waals surface area contributed by atoms with Gasteiger partial charge in [-0.1, -0.05) is 41.9 Å². The number of H-pyrrole nitrogens is 1. The number of aromatic amines is 1. The second kappa shape index (κ2) is 6.43. The molecule has 5 heteroatoms. The van der Waals surface area contributed by atoms with Crippen molar-refractivity contribution in [1.82, 2.24) is 14.4 Å². The monoisotopic (exact) mass is 386 g/mol. The maximum atomic E-state index is 6.35. The number of fused-ring (bicyclic) bond motifs is 2. The van der Waals surface area contributed by atoms with E-state index in [9.17, 15) is 0 Å². The number of nitrogens with zero attached hydrogens (tertiary/aromatic N) is 2. The van der Waals surface area contributed by atoms with Crippen molar-refractivity contribution in [3.8, 4) is 11.3 Å². The van der Waals surface area contributed by atoms with Gasteiger partial charge >= 0.3 is 0 Å². The number of pyridine rings is 1. The average molecular weight is 387 g/mol. The Morgan fingerprint density at radius 1 is 1.00 bits per heavy atom. The van der Waals surface area contributed by atoms with Crippen molar-refractivity contribution in [3.63, 3.8) is 0 Å². The van der Waals surface area contributed by atoms with Crippen molar-refractivity contribution in [1.29, 1.82) is 0 Å². The minimum Gasteiger partial charge on any atom is -0.360 e. The van der Waals surface area contributed by atoms with Gasteiger partial charge in [-0.2, -0.15) is 0 Å². The number of para-hydroxylation sites is 1. The first-order valence-corrected chi connectivity index (χ1v) is 9.57. The van der Waals surface area contributed by atoms with E-state index in [0.717, 1.165) is 55.5 Å². The molecule has 3 aromatic heterocycles. The highest BCUT2D eigenvalue weighted by Gasteiger charge is 2.19. The summed E-state index contributed by atoms with van der Waals surface area (Å²) in [5, 5.41) is 5.47. The number of anilines is 2. The third-order valence-electron chi connectivity index (χ3n) is 5.21. The van der Waals surface area contributed by atoms with Gasteiger partial charge in [0.15, 0.2) is 0 Å². The number of imidazole rings is 1. The highest BCUT2D eigenvalue weighted by atomic mass is 35.5. The number of nitrogens with one attached hydrogen (secondary N) is 2. The molecule has 28 heavy (non-hydrogen) atoms. The fraction of sp³-hybridized carbons (Fsp3) is 0.0870. The molecular formula is C23H19ClN4. The van der Waals surface area contributed by atoms with Crippen LogP contribution in [0.4, 0.5) is 11.5 Å². The first kappa shape index (κ1) is 16.9. The van der Waals surface area contributed by atoms with Crippen molar-refractivity contribution in [2.75, 3.05) is 5.32 Å². The first-order valence-electron chi connectivity index (χ1n) is 9.20. The van der Waals surface area contributed by atoms with E-state index in [1.807, 2.05) is 49.6 Å². The number of benzene rings is 2. The number of halogens is 1. The zero-order valence-corrected chi connectivity index (χ0v) is 16.4. The predicted octanol–water partition coefficient (Wildman–Crippen LogP) is 6.50. The number of rotatable bonds is 3. The van der Waals surface area contributed by atoms with Crippen molar-refractivity contribution >= 4 is 39.7 Å². The molecule has 0 amide bonds. The van der Waals surface area contributed by atoms with Crippen molar-refractivity contribution in [2.45, 2.75) is 13.8 Å². The van der Waals surface area contributed by atoms with Crippen LogP contribution in [0.3, 0.4) is 0 Å². The quantitative estimate of drug-likeness (QED) is 0.372. The summed E-state index contributed by atoms with van der Waals surface area (Å²) in [7, 11) is 0. The van der Waals surface area contributed by atoms with E-state index in [-0.39, 0.29) is 0 Å². The fourth-order valence-corrected chi connectivity index (χ4v) is 3.82. The van der Waals surface area contributed by atoms with Crippen LogP contribution < -0.4 is 5.32 Å². The lowest BCUT2D eigenvalue weighted by molar-refractivity contribution is 1.16. The van der Waals surface area contributed by atoms with Gasteiger partial charge in [0.1, 0.15) is 17.2 Å². The Morgan fingerprint density at radius 3 is 2.75 bits per heavy atom. The molecule has 5 aromatic rings. The van der Waals surface area contributed by atoms with Crippen LogP contribution in [-0.2, 0) is 0 Å². The highest BCUT2D eigenvalue weighted by molar-refractivity contribution is 6.31. The summed E-state index contributed by atoms with van der Waals surface area (Å²) in [6.45, 7) is 4.10. The molecule has 2 aromatic carbocycles. The molecule has 4 nitrogen and oxygen atoms in total. The molecule has 0 bridgehead atoms. The molecule has 138 valence electrons. The summed E-state index contributed by atoms with van der Waals surface area (Å²) in [5.74, 6) is 0.925. The van der Waals surface area contributed by atoms with Gasteiger partial charge in [0.05, 0.1) is 0 Å². The molecule has 0 aliphatic heterocycles. The lowest BCUT2D eigenvalue weighted by atomic mass is 10.1.